The van der Waals surface area contributed by atoms with E-state index in [1.165, 1.54) is 0 Å². The van der Waals surface area contributed by atoms with Crippen LogP contribution in [0.15, 0.2) is 12.1 Å². The van der Waals surface area contributed by atoms with Crippen molar-refractivity contribution in [1.29, 1.82) is 5.26 Å². The summed E-state index contributed by atoms with van der Waals surface area (Å²) in [5.41, 5.74) is 8.98. The molecular formula is C12H16N2O. The number of nitrogens with two attached hydrogens (primary N) is 1. The van der Waals surface area contributed by atoms with Gasteiger partial charge in [-0.2, -0.15) is 5.26 Å². The molecule has 1 rings (SSSR count). The number of methoxy groups -OCH3 is 1. The van der Waals surface area contributed by atoms with E-state index in [1.807, 2.05) is 32.0 Å². The Morgan fingerprint density at radius 1 is 1.40 bits per heavy atom. The topological polar surface area (TPSA) is 59.0 Å². The lowest BCUT2D eigenvalue weighted by Gasteiger charge is -2.13. The van der Waals surface area contributed by atoms with Gasteiger partial charge in [0.15, 0.2) is 0 Å². The predicted molar refractivity (Wildman–Crippen MR) is 59.8 cm³/mol. The fraction of sp³-hybridized carbons (Fsp3) is 0.417. The SMILES string of the molecule is COc1ccc(CC(N)C#N)c(C)c1C. The highest BCUT2D eigenvalue weighted by Gasteiger charge is 2.09. The number of ether oxygens (including phenoxy) is 1. The Morgan fingerprint density at radius 2 is 2.07 bits per heavy atom. The van der Waals surface area contributed by atoms with Crippen LogP contribution in [0.4, 0.5) is 0 Å². The van der Waals surface area contributed by atoms with Crippen molar-refractivity contribution in [3.8, 4) is 11.8 Å². The highest BCUT2D eigenvalue weighted by Crippen LogP contribution is 2.24. The van der Waals surface area contributed by atoms with E-state index in [0.29, 0.717) is 6.42 Å². The summed E-state index contributed by atoms with van der Waals surface area (Å²) in [5, 5.41) is 8.66. The van der Waals surface area contributed by atoms with Gasteiger partial charge in [0.2, 0.25) is 0 Å². The number of nitrogens with zero attached hydrogens (tertiary/aromatic N) is 1. The number of nitriles is 1. The number of hydrogen-bond acceptors (Lipinski definition) is 3. The van der Waals surface area contributed by atoms with Crippen molar-refractivity contribution >= 4 is 0 Å². The van der Waals surface area contributed by atoms with Crippen LogP contribution in [0, 0.1) is 25.2 Å². The van der Waals surface area contributed by atoms with Crippen molar-refractivity contribution in [2.75, 3.05) is 7.11 Å². The first kappa shape index (κ1) is 11.5. The van der Waals surface area contributed by atoms with Crippen LogP contribution in [0.3, 0.4) is 0 Å². The summed E-state index contributed by atoms with van der Waals surface area (Å²) in [5.74, 6) is 0.877. The van der Waals surface area contributed by atoms with Crippen LogP contribution in [-0.4, -0.2) is 13.2 Å². The average molecular weight is 204 g/mol. The lowest BCUT2D eigenvalue weighted by atomic mass is 9.97. The predicted octanol–water partition coefficient (Wildman–Crippen LogP) is 1.71. The van der Waals surface area contributed by atoms with Crippen molar-refractivity contribution in [1.82, 2.24) is 0 Å². The summed E-state index contributed by atoms with van der Waals surface area (Å²) >= 11 is 0. The van der Waals surface area contributed by atoms with E-state index in [2.05, 4.69) is 0 Å². The molecule has 0 saturated carbocycles. The Morgan fingerprint density at radius 3 is 2.60 bits per heavy atom. The Hall–Kier alpha value is -1.53. The number of hydrogen-bond donors (Lipinski definition) is 1. The second-order valence-electron chi connectivity index (χ2n) is 3.62. The van der Waals surface area contributed by atoms with E-state index in [4.69, 9.17) is 15.7 Å². The quantitative estimate of drug-likeness (QED) is 0.815. The first-order chi connectivity index (χ1) is 7.10. The fourth-order valence-corrected chi connectivity index (χ4v) is 1.58. The van der Waals surface area contributed by atoms with Crippen LogP contribution in [-0.2, 0) is 6.42 Å². The van der Waals surface area contributed by atoms with Crippen LogP contribution in [0.1, 0.15) is 16.7 Å². The van der Waals surface area contributed by atoms with Crippen molar-refractivity contribution < 1.29 is 4.74 Å². The molecule has 0 radical (unpaired) electrons. The first-order valence-corrected chi connectivity index (χ1v) is 4.88. The Kier molecular flexibility index (Phi) is 3.70. The summed E-state index contributed by atoms with van der Waals surface area (Å²) in [6.07, 6.45) is 0.590. The minimum Gasteiger partial charge on any atom is -0.496 e. The molecule has 80 valence electrons. The van der Waals surface area contributed by atoms with Gasteiger partial charge in [-0.15, -0.1) is 0 Å². The smallest absolute Gasteiger partial charge is 0.122 e. The second kappa shape index (κ2) is 4.81. The highest BCUT2D eigenvalue weighted by molar-refractivity contribution is 5.44. The Labute approximate surface area is 90.5 Å². The van der Waals surface area contributed by atoms with Crippen LogP contribution in [0.25, 0.3) is 0 Å². The monoisotopic (exact) mass is 204 g/mol. The molecule has 0 bridgehead atoms. The summed E-state index contributed by atoms with van der Waals surface area (Å²) < 4.78 is 5.22. The maximum Gasteiger partial charge on any atom is 0.122 e. The average Bonchev–Trinajstić information content (AvgIpc) is 2.25. The Bertz CT molecular complexity index is 393. The molecule has 1 atom stereocenters. The molecule has 3 heteroatoms. The maximum absolute atomic E-state index is 8.66. The van der Waals surface area contributed by atoms with E-state index >= 15 is 0 Å². The molecule has 1 unspecified atom stereocenters. The third-order valence-corrected chi connectivity index (χ3v) is 2.68. The standard InChI is InChI=1S/C12H16N2O/c1-8-9(2)12(15-3)5-4-10(8)6-11(14)7-13/h4-5,11H,6,14H2,1-3H3. The van der Waals surface area contributed by atoms with Gasteiger partial charge in [0.05, 0.1) is 19.2 Å². The maximum atomic E-state index is 8.66. The molecule has 0 amide bonds. The summed E-state index contributed by atoms with van der Waals surface area (Å²) in [6, 6.07) is 5.49. The highest BCUT2D eigenvalue weighted by atomic mass is 16.5. The van der Waals surface area contributed by atoms with Gasteiger partial charge in [-0.05, 0) is 36.6 Å². The number of benzene rings is 1. The molecule has 0 heterocycles. The van der Waals surface area contributed by atoms with Gasteiger partial charge in [-0.3, -0.25) is 0 Å². The number of rotatable bonds is 3. The van der Waals surface area contributed by atoms with Crippen LogP contribution in [0.5, 0.6) is 5.75 Å². The summed E-state index contributed by atoms with van der Waals surface area (Å²) in [7, 11) is 1.66. The molecule has 1 aromatic rings. The van der Waals surface area contributed by atoms with E-state index in [1.54, 1.807) is 7.11 Å². The van der Waals surface area contributed by atoms with Crippen molar-refractivity contribution in [2.45, 2.75) is 26.3 Å². The summed E-state index contributed by atoms with van der Waals surface area (Å²) in [4.78, 5) is 0. The molecule has 2 N–H and O–H groups in total. The van der Waals surface area contributed by atoms with E-state index in [9.17, 15) is 0 Å². The van der Waals surface area contributed by atoms with Gasteiger partial charge in [0, 0.05) is 6.42 Å². The fourth-order valence-electron chi connectivity index (χ4n) is 1.58. The minimum atomic E-state index is -0.434. The molecule has 0 saturated heterocycles. The lowest BCUT2D eigenvalue weighted by molar-refractivity contribution is 0.411. The van der Waals surface area contributed by atoms with Gasteiger partial charge < -0.3 is 10.5 Å². The third-order valence-electron chi connectivity index (χ3n) is 2.68. The van der Waals surface area contributed by atoms with E-state index in [0.717, 1.165) is 22.4 Å². The van der Waals surface area contributed by atoms with E-state index in [-0.39, 0.29) is 0 Å². The summed E-state index contributed by atoms with van der Waals surface area (Å²) in [6.45, 7) is 4.03. The van der Waals surface area contributed by atoms with Crippen LogP contribution in [0.2, 0.25) is 0 Å². The zero-order chi connectivity index (χ0) is 11.4. The molecule has 1 aromatic carbocycles. The minimum absolute atomic E-state index is 0.434. The zero-order valence-corrected chi connectivity index (χ0v) is 9.37. The zero-order valence-electron chi connectivity index (χ0n) is 9.37. The van der Waals surface area contributed by atoms with Gasteiger partial charge in [0.1, 0.15) is 5.75 Å². The molecule has 0 aliphatic carbocycles. The van der Waals surface area contributed by atoms with Crippen molar-refractivity contribution in [3.63, 3.8) is 0 Å². The van der Waals surface area contributed by atoms with Crippen LogP contribution >= 0.6 is 0 Å². The molecule has 15 heavy (non-hydrogen) atoms. The molecule has 0 aliphatic rings. The van der Waals surface area contributed by atoms with Gasteiger partial charge in [0.25, 0.3) is 0 Å². The third kappa shape index (κ3) is 2.48. The molecule has 0 fully saturated rings. The largest absolute Gasteiger partial charge is 0.496 e. The second-order valence-corrected chi connectivity index (χ2v) is 3.62. The first-order valence-electron chi connectivity index (χ1n) is 4.88. The normalized spacial score (nSPS) is 11.9. The molecular weight excluding hydrogens is 188 g/mol. The van der Waals surface area contributed by atoms with Crippen molar-refractivity contribution in [2.24, 2.45) is 5.73 Å². The molecule has 0 aliphatic heterocycles. The van der Waals surface area contributed by atoms with Crippen molar-refractivity contribution in [3.05, 3.63) is 28.8 Å². The van der Waals surface area contributed by atoms with Gasteiger partial charge >= 0.3 is 0 Å². The molecule has 3 nitrogen and oxygen atoms in total. The molecule has 0 spiro atoms. The van der Waals surface area contributed by atoms with Gasteiger partial charge in [-0.1, -0.05) is 6.07 Å². The lowest BCUT2D eigenvalue weighted by Crippen LogP contribution is -2.20. The van der Waals surface area contributed by atoms with Crippen LogP contribution < -0.4 is 10.5 Å². The molecule has 0 aromatic heterocycles. The Balaban J connectivity index is 3.02. The van der Waals surface area contributed by atoms with Gasteiger partial charge in [-0.25, -0.2) is 0 Å². The van der Waals surface area contributed by atoms with E-state index < -0.39 is 6.04 Å².